The smallest absolute Gasteiger partial charge is 0.420 e. The van der Waals surface area contributed by atoms with E-state index in [4.69, 9.17) is 0 Å². The first kappa shape index (κ1) is 16.2. The number of anilines is 2. The highest BCUT2D eigenvalue weighted by atomic mass is 79.9. The van der Waals surface area contributed by atoms with Crippen LogP contribution in [0.25, 0.3) is 0 Å². The van der Waals surface area contributed by atoms with Crippen LogP contribution in [0, 0.1) is 0 Å². The van der Waals surface area contributed by atoms with E-state index in [1.807, 2.05) is 0 Å². The Morgan fingerprint density at radius 1 is 1.00 bits per heavy atom. The second-order valence-electron chi connectivity index (χ2n) is 4.26. The molecule has 2 aromatic rings. The topological polar surface area (TPSA) is 61.4 Å². The van der Waals surface area contributed by atoms with Crippen LogP contribution in [-0.4, -0.2) is 11.1 Å². The molecule has 0 saturated heterocycles. The number of aromatic hydroxyl groups is 1. The fraction of sp³-hybridized carbons (Fsp3) is 0.0714. The van der Waals surface area contributed by atoms with Crippen molar-refractivity contribution < 1.29 is 23.1 Å². The molecular formula is C14H10BrF3N2O2. The van der Waals surface area contributed by atoms with Crippen LogP contribution >= 0.6 is 15.9 Å². The summed E-state index contributed by atoms with van der Waals surface area (Å²) < 4.78 is 38.6. The predicted octanol–water partition coefficient (Wildman–Crippen LogP) is 4.82. The number of benzene rings is 2. The predicted molar refractivity (Wildman–Crippen MR) is 79.9 cm³/mol. The number of phenolic OH excluding ortho intramolecular Hbond substituents is 1. The fourth-order valence-corrected chi connectivity index (χ4v) is 2.10. The van der Waals surface area contributed by atoms with Gasteiger partial charge in [0.2, 0.25) is 0 Å². The van der Waals surface area contributed by atoms with E-state index in [0.717, 1.165) is 12.1 Å². The minimum atomic E-state index is -4.71. The summed E-state index contributed by atoms with van der Waals surface area (Å²) in [5.41, 5.74) is -1.11. The number of phenols is 1. The lowest BCUT2D eigenvalue weighted by Crippen LogP contribution is -2.20. The minimum absolute atomic E-state index is 0.334. The standard InChI is InChI=1S/C14H10BrF3N2O2/c15-9-5-1-2-6-10(9)19-13(22)20-11-7-3-4-8(12(11)21)14(16,17)18/h1-7,21H,(H2,19,20,22). The Morgan fingerprint density at radius 3 is 2.23 bits per heavy atom. The van der Waals surface area contributed by atoms with Gasteiger partial charge in [-0.05, 0) is 40.2 Å². The molecule has 8 heteroatoms. The average Bonchev–Trinajstić information content (AvgIpc) is 2.42. The van der Waals surface area contributed by atoms with Gasteiger partial charge in [-0.3, -0.25) is 0 Å². The normalized spacial score (nSPS) is 11.1. The molecule has 2 amide bonds. The second kappa shape index (κ2) is 6.27. The molecule has 0 aliphatic heterocycles. The summed E-state index contributed by atoms with van der Waals surface area (Å²) in [5, 5.41) is 14.3. The second-order valence-corrected chi connectivity index (χ2v) is 5.11. The number of urea groups is 1. The first-order valence-corrected chi connectivity index (χ1v) is 6.80. The molecular weight excluding hydrogens is 365 g/mol. The van der Waals surface area contributed by atoms with E-state index in [1.54, 1.807) is 24.3 Å². The van der Waals surface area contributed by atoms with Gasteiger partial charge in [0.25, 0.3) is 0 Å². The Hall–Kier alpha value is -2.22. The Balaban J connectivity index is 2.18. The van der Waals surface area contributed by atoms with Gasteiger partial charge in [-0.1, -0.05) is 18.2 Å². The summed E-state index contributed by atoms with van der Waals surface area (Å²) in [6.07, 6.45) is -4.71. The highest BCUT2D eigenvalue weighted by Gasteiger charge is 2.34. The molecule has 0 aromatic heterocycles. The van der Waals surface area contributed by atoms with Gasteiger partial charge in [-0.25, -0.2) is 4.79 Å². The van der Waals surface area contributed by atoms with E-state index in [2.05, 4.69) is 26.6 Å². The molecule has 116 valence electrons. The van der Waals surface area contributed by atoms with Gasteiger partial charge in [-0.15, -0.1) is 0 Å². The summed E-state index contributed by atoms with van der Waals surface area (Å²) in [7, 11) is 0. The maximum absolute atomic E-state index is 12.7. The van der Waals surface area contributed by atoms with Crippen LogP contribution in [0.2, 0.25) is 0 Å². The van der Waals surface area contributed by atoms with Crippen molar-refractivity contribution in [2.45, 2.75) is 6.18 Å². The van der Waals surface area contributed by atoms with Crippen LogP contribution in [0.3, 0.4) is 0 Å². The molecule has 0 heterocycles. The highest BCUT2D eigenvalue weighted by Crippen LogP contribution is 2.39. The van der Waals surface area contributed by atoms with Crippen molar-refractivity contribution in [3.63, 3.8) is 0 Å². The first-order valence-electron chi connectivity index (χ1n) is 6.01. The van der Waals surface area contributed by atoms with Crippen molar-refractivity contribution in [2.75, 3.05) is 10.6 Å². The van der Waals surface area contributed by atoms with Gasteiger partial charge < -0.3 is 15.7 Å². The molecule has 0 atom stereocenters. The molecule has 0 fully saturated rings. The molecule has 0 spiro atoms. The average molecular weight is 375 g/mol. The molecule has 2 rings (SSSR count). The lowest BCUT2D eigenvalue weighted by Gasteiger charge is -2.14. The molecule has 0 aliphatic carbocycles. The van der Waals surface area contributed by atoms with Gasteiger partial charge in [0, 0.05) is 4.47 Å². The molecule has 0 aliphatic rings. The zero-order valence-corrected chi connectivity index (χ0v) is 12.5. The van der Waals surface area contributed by atoms with Crippen molar-refractivity contribution in [2.24, 2.45) is 0 Å². The summed E-state index contributed by atoms with van der Waals surface area (Å²) in [6.45, 7) is 0. The third-order valence-corrected chi connectivity index (χ3v) is 3.40. The number of para-hydroxylation sites is 2. The molecule has 2 aromatic carbocycles. The van der Waals surface area contributed by atoms with E-state index in [-0.39, 0.29) is 5.69 Å². The molecule has 0 radical (unpaired) electrons. The van der Waals surface area contributed by atoms with Gasteiger partial charge in [-0.2, -0.15) is 13.2 Å². The van der Waals surface area contributed by atoms with Gasteiger partial charge >= 0.3 is 12.2 Å². The third kappa shape index (κ3) is 3.70. The molecule has 3 N–H and O–H groups in total. The SMILES string of the molecule is O=C(Nc1ccccc1Br)Nc1cccc(C(F)(F)F)c1O. The number of amides is 2. The molecule has 0 saturated carbocycles. The van der Waals surface area contributed by atoms with E-state index in [9.17, 15) is 23.1 Å². The maximum atomic E-state index is 12.7. The van der Waals surface area contributed by atoms with Crippen LogP contribution in [0.1, 0.15) is 5.56 Å². The highest BCUT2D eigenvalue weighted by molar-refractivity contribution is 9.10. The van der Waals surface area contributed by atoms with Crippen LogP contribution in [0.5, 0.6) is 5.75 Å². The first-order chi connectivity index (χ1) is 10.3. The van der Waals surface area contributed by atoms with Crippen LogP contribution < -0.4 is 10.6 Å². The quantitative estimate of drug-likeness (QED) is 0.660. The van der Waals surface area contributed by atoms with Crippen LogP contribution in [0.4, 0.5) is 29.3 Å². The van der Waals surface area contributed by atoms with Gasteiger partial charge in [0.15, 0.2) is 5.75 Å². The summed E-state index contributed by atoms with van der Waals surface area (Å²) in [6, 6.07) is 8.94. The zero-order chi connectivity index (χ0) is 16.3. The Bertz CT molecular complexity index is 705. The van der Waals surface area contributed by atoms with Crippen LogP contribution in [-0.2, 0) is 6.18 Å². The number of hydrogen-bond donors (Lipinski definition) is 3. The van der Waals surface area contributed by atoms with Gasteiger partial charge in [0.05, 0.1) is 16.9 Å². The molecule has 0 unspecified atom stereocenters. The lowest BCUT2D eigenvalue weighted by molar-refractivity contribution is -0.138. The number of halogens is 4. The van der Waals surface area contributed by atoms with Gasteiger partial charge in [0.1, 0.15) is 0 Å². The molecule has 22 heavy (non-hydrogen) atoms. The van der Waals surface area contributed by atoms with E-state index in [1.165, 1.54) is 6.07 Å². The van der Waals surface area contributed by atoms with Crippen LogP contribution in [0.15, 0.2) is 46.9 Å². The lowest BCUT2D eigenvalue weighted by atomic mass is 10.1. The minimum Gasteiger partial charge on any atom is -0.505 e. The van der Waals surface area contributed by atoms with Crippen molar-refractivity contribution in [3.05, 3.63) is 52.5 Å². The molecule has 0 bridgehead atoms. The van der Waals surface area contributed by atoms with Crippen molar-refractivity contribution in [3.8, 4) is 5.75 Å². The Kier molecular flexibility index (Phi) is 4.60. The maximum Gasteiger partial charge on any atom is 0.420 e. The van der Waals surface area contributed by atoms with Crippen molar-refractivity contribution in [1.29, 1.82) is 0 Å². The number of carbonyl (C=O) groups is 1. The Labute approximate surface area is 132 Å². The van der Waals surface area contributed by atoms with Crippen molar-refractivity contribution >= 4 is 33.3 Å². The third-order valence-electron chi connectivity index (χ3n) is 2.71. The Morgan fingerprint density at radius 2 is 1.59 bits per heavy atom. The summed E-state index contributed by atoms with van der Waals surface area (Å²) in [4.78, 5) is 11.8. The molecule has 4 nitrogen and oxygen atoms in total. The number of hydrogen-bond acceptors (Lipinski definition) is 2. The van der Waals surface area contributed by atoms with E-state index < -0.39 is 23.5 Å². The fourth-order valence-electron chi connectivity index (χ4n) is 1.71. The van der Waals surface area contributed by atoms with Crippen molar-refractivity contribution in [1.82, 2.24) is 0 Å². The summed E-state index contributed by atoms with van der Waals surface area (Å²) >= 11 is 3.22. The van der Waals surface area contributed by atoms with E-state index >= 15 is 0 Å². The number of rotatable bonds is 2. The number of alkyl halides is 3. The largest absolute Gasteiger partial charge is 0.505 e. The number of carbonyl (C=O) groups excluding carboxylic acids is 1. The van der Waals surface area contributed by atoms with E-state index in [0.29, 0.717) is 10.2 Å². The number of nitrogens with one attached hydrogen (secondary N) is 2. The zero-order valence-electron chi connectivity index (χ0n) is 10.9. The summed E-state index contributed by atoms with van der Waals surface area (Å²) in [5.74, 6) is -1.03. The monoisotopic (exact) mass is 374 g/mol.